The van der Waals surface area contributed by atoms with Crippen LogP contribution in [-0.2, 0) is 19.1 Å². The lowest BCUT2D eigenvalue weighted by atomic mass is 9.50. The van der Waals surface area contributed by atoms with Crippen LogP contribution in [0.5, 0.6) is 0 Å². The Hall–Kier alpha value is -1.14. The monoisotopic (exact) mass is 515 g/mol. The average molecular weight is 516 g/mol. The number of aliphatic hydroxyl groups is 1. The second-order valence-corrected chi connectivity index (χ2v) is 14.5. The molecule has 13 atom stereocenters. The summed E-state index contributed by atoms with van der Waals surface area (Å²) in [5, 5.41) is 12.6. The topological polar surface area (TPSA) is 76.1 Å². The Labute approximate surface area is 223 Å². The molecular formula is C31H49NO5. The van der Waals surface area contributed by atoms with Gasteiger partial charge in [0.25, 0.3) is 0 Å². The van der Waals surface area contributed by atoms with E-state index >= 15 is 0 Å². The molecule has 6 rings (SSSR count). The molecule has 0 radical (unpaired) electrons. The van der Waals surface area contributed by atoms with Crippen LogP contribution in [-0.4, -0.2) is 58.9 Å². The van der Waals surface area contributed by atoms with Gasteiger partial charge in [-0.2, -0.15) is 0 Å². The summed E-state index contributed by atoms with van der Waals surface area (Å²) >= 11 is 0. The summed E-state index contributed by atoms with van der Waals surface area (Å²) in [5.41, 5.74) is -0.663. The maximum atomic E-state index is 12.6. The van der Waals surface area contributed by atoms with Crippen molar-refractivity contribution >= 4 is 11.9 Å². The fourth-order valence-corrected chi connectivity index (χ4v) is 11.2. The number of nitrogens with zero attached hydrogens (tertiary/aromatic N) is 1. The van der Waals surface area contributed by atoms with E-state index in [1.165, 1.54) is 33.2 Å². The van der Waals surface area contributed by atoms with E-state index in [9.17, 15) is 14.7 Å². The van der Waals surface area contributed by atoms with E-state index in [0.717, 1.165) is 63.5 Å². The highest BCUT2D eigenvalue weighted by Crippen LogP contribution is 2.68. The molecule has 6 fully saturated rings. The third-order valence-corrected chi connectivity index (χ3v) is 12.7. The SMILES string of the molecule is CC(=O)O[C@@H]1CC[C@]2(C)[C@H](C1)[C@H](OC(C)=O)C[C@@H]1[C@@H]2C[C@H]2[C@@H]3CN4C[C@H](C)CC[C@H]4[C@H](C)[C@H]3CC[C@@]12O. The van der Waals surface area contributed by atoms with Gasteiger partial charge in [-0.3, -0.25) is 14.5 Å². The molecule has 4 aliphatic carbocycles. The molecule has 0 bridgehead atoms. The smallest absolute Gasteiger partial charge is 0.302 e. The van der Waals surface area contributed by atoms with E-state index in [-0.39, 0.29) is 41.4 Å². The van der Waals surface area contributed by atoms with E-state index in [2.05, 4.69) is 25.7 Å². The number of carbonyl (C=O) groups excluding carboxylic acids is 2. The first-order chi connectivity index (χ1) is 17.5. The number of ether oxygens (including phenoxy) is 2. The Bertz CT molecular complexity index is 921. The van der Waals surface area contributed by atoms with Gasteiger partial charge in [0.2, 0.25) is 0 Å². The van der Waals surface area contributed by atoms with Crippen LogP contribution in [0.25, 0.3) is 0 Å². The quantitative estimate of drug-likeness (QED) is 0.532. The predicted octanol–water partition coefficient (Wildman–Crippen LogP) is 4.82. The molecule has 0 unspecified atom stereocenters. The summed E-state index contributed by atoms with van der Waals surface area (Å²) in [6.45, 7) is 12.7. The van der Waals surface area contributed by atoms with Gasteiger partial charge in [0.15, 0.2) is 0 Å². The maximum Gasteiger partial charge on any atom is 0.302 e. The Morgan fingerprint density at radius 1 is 0.811 bits per heavy atom. The molecule has 0 amide bonds. The highest BCUT2D eigenvalue weighted by Gasteiger charge is 2.68. The summed E-state index contributed by atoms with van der Waals surface area (Å²) < 4.78 is 11.7. The van der Waals surface area contributed by atoms with Gasteiger partial charge in [-0.1, -0.05) is 20.8 Å². The molecule has 0 aromatic carbocycles. The Kier molecular flexibility index (Phi) is 6.50. The van der Waals surface area contributed by atoms with Gasteiger partial charge in [0, 0.05) is 38.9 Å². The van der Waals surface area contributed by atoms with E-state index < -0.39 is 5.60 Å². The predicted molar refractivity (Wildman–Crippen MR) is 140 cm³/mol. The second kappa shape index (κ2) is 9.21. The third-order valence-electron chi connectivity index (χ3n) is 12.7. The molecule has 0 aromatic rings. The summed E-state index contributed by atoms with van der Waals surface area (Å²) in [6.07, 6.45) is 8.85. The zero-order valence-electron chi connectivity index (χ0n) is 23.7. The van der Waals surface area contributed by atoms with E-state index in [0.29, 0.717) is 29.6 Å². The van der Waals surface area contributed by atoms with Gasteiger partial charge < -0.3 is 14.6 Å². The summed E-state index contributed by atoms with van der Waals surface area (Å²) in [5.74, 6) is 3.41. The number of piperidine rings is 2. The molecule has 6 heteroatoms. The Balaban J connectivity index is 1.30. The Morgan fingerprint density at radius 2 is 1.57 bits per heavy atom. The summed E-state index contributed by atoms with van der Waals surface area (Å²) in [6, 6.07) is 0.721. The van der Waals surface area contributed by atoms with Crippen molar-refractivity contribution in [2.45, 2.75) is 116 Å². The highest BCUT2D eigenvalue weighted by molar-refractivity contribution is 5.66. The van der Waals surface area contributed by atoms with Crippen molar-refractivity contribution in [1.82, 2.24) is 4.90 Å². The number of hydrogen-bond acceptors (Lipinski definition) is 6. The van der Waals surface area contributed by atoms with Crippen molar-refractivity contribution in [3.63, 3.8) is 0 Å². The van der Waals surface area contributed by atoms with E-state index in [1.54, 1.807) is 0 Å². The Morgan fingerprint density at radius 3 is 2.30 bits per heavy atom. The van der Waals surface area contributed by atoms with Gasteiger partial charge >= 0.3 is 11.9 Å². The summed E-state index contributed by atoms with van der Waals surface area (Å²) in [7, 11) is 0. The maximum absolute atomic E-state index is 12.6. The van der Waals surface area contributed by atoms with Gasteiger partial charge in [-0.25, -0.2) is 0 Å². The van der Waals surface area contributed by atoms with Crippen LogP contribution in [0.2, 0.25) is 0 Å². The third kappa shape index (κ3) is 4.10. The highest BCUT2D eigenvalue weighted by atomic mass is 16.5. The van der Waals surface area contributed by atoms with E-state index in [4.69, 9.17) is 9.47 Å². The molecule has 1 N–H and O–H groups in total. The molecule has 6 nitrogen and oxygen atoms in total. The molecule has 4 saturated carbocycles. The fraction of sp³-hybridized carbons (Fsp3) is 0.935. The minimum Gasteiger partial charge on any atom is -0.463 e. The molecule has 2 aliphatic heterocycles. The van der Waals surface area contributed by atoms with Crippen molar-refractivity contribution < 1.29 is 24.2 Å². The molecule has 0 aromatic heterocycles. The lowest BCUT2D eigenvalue weighted by Crippen LogP contribution is -2.62. The largest absolute Gasteiger partial charge is 0.463 e. The molecule has 2 heterocycles. The molecule has 2 saturated heterocycles. The fourth-order valence-electron chi connectivity index (χ4n) is 11.2. The van der Waals surface area contributed by atoms with Gasteiger partial charge in [-0.15, -0.1) is 0 Å². The molecule has 6 aliphatic rings. The van der Waals surface area contributed by atoms with Crippen molar-refractivity contribution in [1.29, 1.82) is 0 Å². The van der Waals surface area contributed by atoms with Gasteiger partial charge in [0.05, 0.1) is 5.60 Å². The zero-order valence-corrected chi connectivity index (χ0v) is 23.7. The van der Waals surface area contributed by atoms with Crippen LogP contribution < -0.4 is 0 Å². The van der Waals surface area contributed by atoms with Crippen LogP contribution in [0.1, 0.15) is 92.4 Å². The first-order valence-electron chi connectivity index (χ1n) is 15.3. The number of hydrogen-bond donors (Lipinski definition) is 1. The average Bonchev–Trinajstić information content (AvgIpc) is 3.13. The van der Waals surface area contributed by atoms with Gasteiger partial charge in [0.1, 0.15) is 12.2 Å². The number of carbonyl (C=O) groups is 2. The lowest BCUT2D eigenvalue weighted by Gasteiger charge is -2.59. The molecule has 0 spiro atoms. The zero-order chi connectivity index (χ0) is 26.3. The van der Waals surface area contributed by atoms with Crippen LogP contribution in [0.15, 0.2) is 0 Å². The number of fused-ring (bicyclic) bond motifs is 8. The van der Waals surface area contributed by atoms with Crippen molar-refractivity contribution in [3.8, 4) is 0 Å². The van der Waals surface area contributed by atoms with Crippen LogP contribution >= 0.6 is 0 Å². The molecule has 208 valence electrons. The standard InChI is InChI=1S/C31H49NO5/c1-17-6-7-28-18(2)22-9-11-31(35)24(23(22)16-32(28)15-17)13-25-26(31)14-29(37-20(4)34)27-12-21(36-19(3)33)8-10-30(25,27)5/h17-18,21-29,35H,6-16H2,1-5H3/t17-,18-,21-,22-,23-,24+,25+,26-,27-,28+,29-,30+,31+/m1/s1. The lowest BCUT2D eigenvalue weighted by molar-refractivity contribution is -0.195. The second-order valence-electron chi connectivity index (χ2n) is 14.5. The van der Waals surface area contributed by atoms with Crippen molar-refractivity contribution in [2.24, 2.45) is 52.8 Å². The number of esters is 2. The first kappa shape index (κ1) is 26.1. The minimum absolute atomic E-state index is 0.00922. The van der Waals surface area contributed by atoms with Crippen molar-refractivity contribution in [2.75, 3.05) is 13.1 Å². The van der Waals surface area contributed by atoms with Gasteiger partial charge in [-0.05, 0) is 105 Å². The first-order valence-corrected chi connectivity index (χ1v) is 15.3. The van der Waals surface area contributed by atoms with Crippen LogP contribution in [0, 0.1) is 52.8 Å². The van der Waals surface area contributed by atoms with Crippen LogP contribution in [0.3, 0.4) is 0 Å². The molecular weight excluding hydrogens is 466 g/mol. The normalized spacial score (nSPS) is 53.1. The minimum atomic E-state index is -0.654. The van der Waals surface area contributed by atoms with Crippen LogP contribution in [0.4, 0.5) is 0 Å². The number of rotatable bonds is 2. The van der Waals surface area contributed by atoms with E-state index in [1.807, 2.05) is 0 Å². The van der Waals surface area contributed by atoms with Crippen molar-refractivity contribution in [3.05, 3.63) is 0 Å². The molecule has 37 heavy (non-hydrogen) atoms. The summed E-state index contributed by atoms with van der Waals surface area (Å²) in [4.78, 5) is 26.8.